The number of ether oxygens (including phenoxy) is 1. The zero-order valence-electron chi connectivity index (χ0n) is 16.9. The molecule has 0 unspecified atom stereocenters. The lowest BCUT2D eigenvalue weighted by Crippen LogP contribution is -2.29. The molecule has 9 heteroatoms. The number of hydrogen-bond acceptors (Lipinski definition) is 6. The molecule has 0 bridgehead atoms. The second kappa shape index (κ2) is 9.11. The molecule has 3 aromatic rings. The van der Waals surface area contributed by atoms with Crippen molar-refractivity contribution in [2.75, 3.05) is 11.9 Å². The van der Waals surface area contributed by atoms with E-state index < -0.39 is 12.0 Å². The Morgan fingerprint density at radius 1 is 1.29 bits per heavy atom. The van der Waals surface area contributed by atoms with Crippen LogP contribution < -0.4 is 5.32 Å². The van der Waals surface area contributed by atoms with Gasteiger partial charge >= 0.3 is 5.97 Å². The summed E-state index contributed by atoms with van der Waals surface area (Å²) in [5.41, 5.74) is 2.61. The third-order valence-corrected chi connectivity index (χ3v) is 6.04. The molecule has 1 aliphatic rings. The van der Waals surface area contributed by atoms with Crippen LogP contribution in [-0.2, 0) is 15.3 Å². The second-order valence-corrected chi connectivity index (χ2v) is 8.24. The Bertz CT molecular complexity index is 1160. The van der Waals surface area contributed by atoms with E-state index >= 15 is 0 Å². The highest BCUT2D eigenvalue weighted by Gasteiger charge is 2.36. The monoisotopic (exact) mass is 458 g/mol. The first-order chi connectivity index (χ1) is 15.0. The maximum atomic E-state index is 13.5. The van der Waals surface area contributed by atoms with E-state index in [9.17, 15) is 9.18 Å². The molecule has 1 aromatic heterocycles. The van der Waals surface area contributed by atoms with E-state index in [-0.39, 0.29) is 12.4 Å². The molecule has 6 nitrogen and oxygen atoms in total. The van der Waals surface area contributed by atoms with Crippen LogP contribution in [0.1, 0.15) is 31.0 Å². The van der Waals surface area contributed by atoms with Crippen molar-refractivity contribution in [1.29, 1.82) is 0 Å². The van der Waals surface area contributed by atoms with Gasteiger partial charge in [0.25, 0.3) is 0 Å². The van der Waals surface area contributed by atoms with Crippen molar-refractivity contribution in [3.63, 3.8) is 0 Å². The Morgan fingerprint density at radius 2 is 2.10 bits per heavy atom. The molecule has 31 heavy (non-hydrogen) atoms. The quantitative estimate of drug-likeness (QED) is 0.403. The Morgan fingerprint density at radius 3 is 2.84 bits per heavy atom. The van der Waals surface area contributed by atoms with Crippen molar-refractivity contribution in [1.82, 2.24) is 14.8 Å². The number of fused-ring (bicyclic) bond motifs is 1. The number of rotatable bonds is 6. The predicted octanol–water partition coefficient (Wildman–Crippen LogP) is 5.21. The van der Waals surface area contributed by atoms with Crippen molar-refractivity contribution < 1.29 is 13.9 Å². The summed E-state index contributed by atoms with van der Waals surface area (Å²) in [7, 11) is 0. The van der Waals surface area contributed by atoms with Gasteiger partial charge in [0, 0.05) is 22.0 Å². The van der Waals surface area contributed by atoms with E-state index in [1.807, 2.05) is 24.3 Å². The fourth-order valence-electron chi connectivity index (χ4n) is 3.42. The summed E-state index contributed by atoms with van der Waals surface area (Å²) in [4.78, 5) is 17.4. The molecule has 1 atom stereocenters. The van der Waals surface area contributed by atoms with Crippen LogP contribution in [0, 0.1) is 5.82 Å². The summed E-state index contributed by atoms with van der Waals surface area (Å²) in [5, 5.41) is 8.79. The van der Waals surface area contributed by atoms with E-state index in [1.165, 1.54) is 23.9 Å². The van der Waals surface area contributed by atoms with Gasteiger partial charge in [-0.3, -0.25) is 0 Å². The summed E-state index contributed by atoms with van der Waals surface area (Å²) in [6.07, 6.45) is 0. The predicted molar refractivity (Wildman–Crippen MR) is 119 cm³/mol. The summed E-state index contributed by atoms with van der Waals surface area (Å²) in [6.45, 7) is 3.81. The zero-order valence-corrected chi connectivity index (χ0v) is 18.5. The van der Waals surface area contributed by atoms with Crippen LogP contribution >= 0.6 is 23.4 Å². The molecular weight excluding hydrogens is 439 g/mol. The van der Waals surface area contributed by atoms with E-state index in [0.29, 0.717) is 33.2 Å². The molecule has 0 saturated carbocycles. The van der Waals surface area contributed by atoms with Crippen molar-refractivity contribution in [2.24, 2.45) is 0 Å². The van der Waals surface area contributed by atoms with Gasteiger partial charge in [-0.2, -0.15) is 4.98 Å². The van der Waals surface area contributed by atoms with Gasteiger partial charge in [-0.1, -0.05) is 53.7 Å². The summed E-state index contributed by atoms with van der Waals surface area (Å²) in [5.74, 6) is 0.286. The van der Waals surface area contributed by atoms with E-state index in [2.05, 4.69) is 15.4 Å². The molecule has 160 valence electrons. The number of anilines is 1. The fraction of sp³-hybridized carbons (Fsp3) is 0.227. The smallest absolute Gasteiger partial charge is 0.338 e. The Balaban J connectivity index is 1.71. The maximum Gasteiger partial charge on any atom is 0.338 e. The van der Waals surface area contributed by atoms with Crippen molar-refractivity contribution in [3.05, 3.63) is 81.8 Å². The maximum absolute atomic E-state index is 13.5. The molecule has 0 aliphatic carbocycles. The molecule has 1 aliphatic heterocycles. The van der Waals surface area contributed by atoms with Crippen molar-refractivity contribution >= 4 is 35.3 Å². The number of benzene rings is 2. The van der Waals surface area contributed by atoms with E-state index in [1.54, 1.807) is 30.7 Å². The van der Waals surface area contributed by atoms with Gasteiger partial charge in [-0.25, -0.2) is 13.9 Å². The number of carbonyl (C=O) groups is 1. The Kier molecular flexibility index (Phi) is 6.29. The number of halogens is 2. The van der Waals surface area contributed by atoms with Gasteiger partial charge in [0.1, 0.15) is 11.9 Å². The van der Waals surface area contributed by atoms with Crippen LogP contribution in [0.5, 0.6) is 0 Å². The first-order valence-electron chi connectivity index (χ1n) is 9.71. The number of nitrogens with zero attached hydrogens (tertiary/aromatic N) is 3. The number of thioether (sulfide) groups is 1. The average Bonchev–Trinajstić information content (AvgIpc) is 3.14. The van der Waals surface area contributed by atoms with Crippen LogP contribution in [0.2, 0.25) is 5.02 Å². The van der Waals surface area contributed by atoms with Crippen LogP contribution in [0.4, 0.5) is 10.3 Å². The molecular formula is C22H20ClFN4O2S. The Hall–Kier alpha value is -2.84. The number of allylic oxidation sites excluding steroid dienone is 1. The first kappa shape index (κ1) is 21.4. The van der Waals surface area contributed by atoms with Crippen molar-refractivity contribution in [2.45, 2.75) is 30.8 Å². The van der Waals surface area contributed by atoms with Crippen LogP contribution in [-0.4, -0.2) is 27.3 Å². The number of nitrogens with one attached hydrogen (secondary N) is 1. The van der Waals surface area contributed by atoms with Crippen LogP contribution in [0.15, 0.2) is 65.0 Å². The molecule has 2 heterocycles. The molecule has 1 N–H and O–H groups in total. The topological polar surface area (TPSA) is 69.0 Å². The molecule has 2 aromatic carbocycles. The van der Waals surface area contributed by atoms with Gasteiger partial charge in [-0.15, -0.1) is 5.10 Å². The first-order valence-corrected chi connectivity index (χ1v) is 11.1. The highest BCUT2D eigenvalue weighted by Crippen LogP contribution is 2.39. The summed E-state index contributed by atoms with van der Waals surface area (Å²) >= 11 is 7.87. The third kappa shape index (κ3) is 4.45. The van der Waals surface area contributed by atoms with Gasteiger partial charge in [0.15, 0.2) is 0 Å². The normalized spacial score (nSPS) is 15.4. The largest absolute Gasteiger partial charge is 0.463 e. The number of esters is 1. The second-order valence-electron chi connectivity index (χ2n) is 6.89. The van der Waals surface area contributed by atoms with E-state index in [4.69, 9.17) is 16.3 Å². The summed E-state index contributed by atoms with van der Waals surface area (Å²) in [6, 6.07) is 13.1. The zero-order chi connectivity index (χ0) is 22.0. The number of hydrogen-bond donors (Lipinski definition) is 1. The minimum Gasteiger partial charge on any atom is -0.463 e. The molecule has 0 saturated heterocycles. The van der Waals surface area contributed by atoms with Crippen LogP contribution in [0.25, 0.3) is 0 Å². The molecule has 0 radical (unpaired) electrons. The highest BCUT2D eigenvalue weighted by molar-refractivity contribution is 7.98. The van der Waals surface area contributed by atoms with Gasteiger partial charge < -0.3 is 10.1 Å². The van der Waals surface area contributed by atoms with Gasteiger partial charge in [-0.05, 0) is 37.6 Å². The molecule has 0 fully saturated rings. The third-order valence-electron chi connectivity index (χ3n) is 4.79. The number of carbonyl (C=O) groups excluding carboxylic acids is 1. The SMILES string of the molecule is CCOC(=O)C1=C(C)Nc2nc(SCc3cccc(F)c3)nn2[C@H]1c1ccccc1Cl. The minimum absolute atomic E-state index is 0.254. The molecule has 4 rings (SSSR count). The molecule has 0 spiro atoms. The lowest BCUT2D eigenvalue weighted by Gasteiger charge is -2.28. The lowest BCUT2D eigenvalue weighted by atomic mass is 9.96. The lowest BCUT2D eigenvalue weighted by molar-refractivity contribution is -0.139. The molecule has 0 amide bonds. The Labute approximate surface area is 188 Å². The number of aromatic nitrogens is 3. The highest BCUT2D eigenvalue weighted by atomic mass is 35.5. The van der Waals surface area contributed by atoms with Crippen LogP contribution in [0.3, 0.4) is 0 Å². The summed E-state index contributed by atoms with van der Waals surface area (Å²) < 4.78 is 20.4. The van der Waals surface area contributed by atoms with Crippen molar-refractivity contribution in [3.8, 4) is 0 Å². The van der Waals surface area contributed by atoms with Gasteiger partial charge in [0.2, 0.25) is 11.1 Å². The van der Waals surface area contributed by atoms with Gasteiger partial charge in [0.05, 0.1) is 12.2 Å². The fourth-order valence-corrected chi connectivity index (χ4v) is 4.44. The van der Waals surface area contributed by atoms with E-state index in [0.717, 1.165) is 11.1 Å². The minimum atomic E-state index is -0.583. The standard InChI is InChI=1S/C22H20ClFN4O2S/c1-3-30-20(29)18-13(2)25-21-26-22(31-12-14-7-6-8-15(24)11-14)27-28(21)19(18)16-9-4-5-10-17(16)23/h4-11,19H,3,12H2,1-2H3,(H,25,26,27)/t19-/m0/s1. The average molecular weight is 459 g/mol.